The molecule has 4 heteroatoms. The molecule has 0 spiro atoms. The molecule has 0 amide bonds. The van der Waals surface area contributed by atoms with Crippen LogP contribution in [0.5, 0.6) is 0 Å². The van der Waals surface area contributed by atoms with Crippen molar-refractivity contribution in [1.82, 2.24) is 4.90 Å². The third-order valence-corrected chi connectivity index (χ3v) is 3.30. The van der Waals surface area contributed by atoms with Gasteiger partial charge in [0.25, 0.3) is 0 Å². The van der Waals surface area contributed by atoms with E-state index in [-0.39, 0.29) is 24.8 Å². The minimum atomic E-state index is 0. The van der Waals surface area contributed by atoms with Crippen LogP contribution < -0.4 is 5.73 Å². The first-order chi connectivity index (χ1) is 6.26. The Hall–Kier alpha value is 0.500. The molecule has 0 saturated heterocycles. The molecule has 0 aliphatic heterocycles. The van der Waals surface area contributed by atoms with Crippen molar-refractivity contribution in [2.45, 2.75) is 45.6 Å². The molecule has 15 heavy (non-hydrogen) atoms. The van der Waals surface area contributed by atoms with Crippen molar-refractivity contribution >= 4 is 24.8 Å². The predicted molar refractivity (Wildman–Crippen MR) is 72.2 cm³/mol. The van der Waals surface area contributed by atoms with Gasteiger partial charge in [0.2, 0.25) is 0 Å². The summed E-state index contributed by atoms with van der Waals surface area (Å²) in [6, 6.07) is 0.493. The Morgan fingerprint density at radius 1 is 1.00 bits per heavy atom. The monoisotopic (exact) mass is 256 g/mol. The number of nitrogens with two attached hydrogens (primary N) is 1. The van der Waals surface area contributed by atoms with E-state index >= 15 is 0 Å². The predicted octanol–water partition coefficient (Wildman–Crippen LogP) is 2.69. The van der Waals surface area contributed by atoms with Crippen LogP contribution in [0, 0.1) is 5.92 Å². The molecular weight excluding hydrogens is 231 g/mol. The van der Waals surface area contributed by atoms with Crippen LogP contribution in [0.4, 0.5) is 0 Å². The van der Waals surface area contributed by atoms with Crippen LogP contribution in [0.1, 0.15) is 39.5 Å². The molecule has 0 aromatic rings. The highest BCUT2D eigenvalue weighted by Gasteiger charge is 2.19. The lowest BCUT2D eigenvalue weighted by Gasteiger charge is -2.30. The van der Waals surface area contributed by atoms with E-state index in [1.54, 1.807) is 0 Å². The molecule has 0 atom stereocenters. The van der Waals surface area contributed by atoms with Gasteiger partial charge in [-0.1, -0.05) is 13.8 Å². The maximum absolute atomic E-state index is 5.88. The summed E-state index contributed by atoms with van der Waals surface area (Å²) >= 11 is 0. The summed E-state index contributed by atoms with van der Waals surface area (Å²) in [5.41, 5.74) is 5.88. The van der Waals surface area contributed by atoms with Gasteiger partial charge in [-0.05, 0) is 44.7 Å². The Morgan fingerprint density at radius 3 is 1.87 bits per heavy atom. The molecule has 94 valence electrons. The van der Waals surface area contributed by atoms with E-state index in [2.05, 4.69) is 18.7 Å². The second-order valence-corrected chi connectivity index (χ2v) is 4.27. The number of nitrogens with zero attached hydrogens (tertiary/aromatic N) is 1. The number of hydrogen-bond donors (Lipinski definition) is 1. The molecule has 1 aliphatic rings. The Labute approximate surface area is 107 Å². The summed E-state index contributed by atoms with van der Waals surface area (Å²) in [5, 5.41) is 0. The van der Waals surface area contributed by atoms with Gasteiger partial charge >= 0.3 is 0 Å². The van der Waals surface area contributed by atoms with Gasteiger partial charge in [0.05, 0.1) is 0 Å². The first-order valence-corrected chi connectivity index (χ1v) is 5.74. The average molecular weight is 257 g/mol. The summed E-state index contributed by atoms with van der Waals surface area (Å²) in [6.07, 6.45) is 5.17. The van der Waals surface area contributed by atoms with Crippen LogP contribution in [0.25, 0.3) is 0 Å². The Morgan fingerprint density at radius 2 is 1.47 bits per heavy atom. The van der Waals surface area contributed by atoms with Crippen LogP contribution in [0.2, 0.25) is 0 Å². The van der Waals surface area contributed by atoms with Crippen molar-refractivity contribution in [3.05, 3.63) is 0 Å². The third-order valence-electron chi connectivity index (χ3n) is 3.30. The fourth-order valence-electron chi connectivity index (χ4n) is 2.22. The summed E-state index contributed by atoms with van der Waals surface area (Å²) in [5.74, 6) is 0.916. The quantitative estimate of drug-likeness (QED) is 0.839. The SMILES string of the molecule is CCN(CC)CC1CCC(N)CC1.Cl.Cl. The second kappa shape index (κ2) is 9.71. The van der Waals surface area contributed by atoms with Crippen molar-refractivity contribution < 1.29 is 0 Å². The number of rotatable bonds is 4. The molecule has 2 N–H and O–H groups in total. The fraction of sp³-hybridized carbons (Fsp3) is 1.00. The Balaban J connectivity index is 0. The van der Waals surface area contributed by atoms with E-state index in [1.807, 2.05) is 0 Å². The maximum atomic E-state index is 5.88. The lowest BCUT2D eigenvalue weighted by molar-refractivity contribution is 0.208. The largest absolute Gasteiger partial charge is 0.328 e. The summed E-state index contributed by atoms with van der Waals surface area (Å²) in [4.78, 5) is 2.53. The summed E-state index contributed by atoms with van der Waals surface area (Å²) in [6.45, 7) is 8.17. The molecule has 0 bridgehead atoms. The zero-order chi connectivity index (χ0) is 9.68. The Bertz CT molecular complexity index is 133. The van der Waals surface area contributed by atoms with Crippen LogP contribution in [0.15, 0.2) is 0 Å². The topological polar surface area (TPSA) is 29.3 Å². The first-order valence-electron chi connectivity index (χ1n) is 5.74. The normalized spacial score (nSPS) is 25.6. The first kappa shape index (κ1) is 17.9. The van der Waals surface area contributed by atoms with Crippen molar-refractivity contribution in [2.75, 3.05) is 19.6 Å². The molecule has 1 saturated carbocycles. The van der Waals surface area contributed by atoms with Gasteiger partial charge in [0.1, 0.15) is 0 Å². The molecule has 1 aliphatic carbocycles. The Kier molecular flexibility index (Phi) is 11.6. The highest BCUT2D eigenvalue weighted by molar-refractivity contribution is 5.85. The van der Waals surface area contributed by atoms with Crippen molar-refractivity contribution in [2.24, 2.45) is 11.7 Å². The molecule has 0 unspecified atom stereocenters. The minimum absolute atomic E-state index is 0. The summed E-state index contributed by atoms with van der Waals surface area (Å²) in [7, 11) is 0. The van der Waals surface area contributed by atoms with Crippen molar-refractivity contribution in [1.29, 1.82) is 0 Å². The van der Waals surface area contributed by atoms with Crippen molar-refractivity contribution in [3.63, 3.8) is 0 Å². The van der Waals surface area contributed by atoms with Gasteiger partial charge in [0, 0.05) is 12.6 Å². The highest BCUT2D eigenvalue weighted by Crippen LogP contribution is 2.23. The van der Waals surface area contributed by atoms with Gasteiger partial charge in [-0.25, -0.2) is 0 Å². The smallest absolute Gasteiger partial charge is 0.00390 e. The lowest BCUT2D eigenvalue weighted by atomic mass is 9.86. The standard InChI is InChI=1S/C11H24N2.2ClH/c1-3-13(4-2)9-10-5-7-11(12)8-6-10;;/h10-11H,3-9,12H2,1-2H3;2*1H. The maximum Gasteiger partial charge on any atom is 0.00390 e. The van der Waals surface area contributed by atoms with Gasteiger partial charge < -0.3 is 10.6 Å². The van der Waals surface area contributed by atoms with E-state index in [1.165, 1.54) is 45.3 Å². The number of halogens is 2. The molecular formula is C11H26Cl2N2. The van der Waals surface area contributed by atoms with Gasteiger partial charge in [-0.3, -0.25) is 0 Å². The zero-order valence-electron chi connectivity index (χ0n) is 9.95. The van der Waals surface area contributed by atoms with E-state index in [0.29, 0.717) is 6.04 Å². The van der Waals surface area contributed by atoms with Gasteiger partial charge in [-0.15, -0.1) is 24.8 Å². The molecule has 2 nitrogen and oxygen atoms in total. The second-order valence-electron chi connectivity index (χ2n) is 4.27. The fourth-order valence-corrected chi connectivity index (χ4v) is 2.22. The molecule has 1 fully saturated rings. The van der Waals surface area contributed by atoms with Crippen LogP contribution >= 0.6 is 24.8 Å². The molecule has 0 aromatic carbocycles. The molecule has 1 rings (SSSR count). The molecule has 0 aromatic heterocycles. The van der Waals surface area contributed by atoms with E-state index in [9.17, 15) is 0 Å². The van der Waals surface area contributed by atoms with E-state index < -0.39 is 0 Å². The zero-order valence-corrected chi connectivity index (χ0v) is 11.6. The third kappa shape index (κ3) is 6.62. The van der Waals surface area contributed by atoms with Gasteiger partial charge in [0.15, 0.2) is 0 Å². The minimum Gasteiger partial charge on any atom is -0.328 e. The molecule has 0 heterocycles. The lowest BCUT2D eigenvalue weighted by Crippen LogP contribution is -2.34. The van der Waals surface area contributed by atoms with Crippen LogP contribution in [0.3, 0.4) is 0 Å². The van der Waals surface area contributed by atoms with E-state index in [4.69, 9.17) is 5.73 Å². The van der Waals surface area contributed by atoms with Crippen molar-refractivity contribution in [3.8, 4) is 0 Å². The average Bonchev–Trinajstić information content (AvgIpc) is 2.17. The number of hydrogen-bond acceptors (Lipinski definition) is 2. The van der Waals surface area contributed by atoms with Gasteiger partial charge in [-0.2, -0.15) is 0 Å². The van der Waals surface area contributed by atoms with E-state index in [0.717, 1.165) is 5.92 Å². The van der Waals surface area contributed by atoms with Crippen LogP contribution in [-0.2, 0) is 0 Å². The van der Waals surface area contributed by atoms with Crippen LogP contribution in [-0.4, -0.2) is 30.6 Å². The molecule has 0 radical (unpaired) electrons. The summed E-state index contributed by atoms with van der Waals surface area (Å²) < 4.78 is 0. The highest BCUT2D eigenvalue weighted by atomic mass is 35.5.